The second-order valence-corrected chi connectivity index (χ2v) is 4.83. The van der Waals surface area contributed by atoms with E-state index in [4.69, 9.17) is 4.74 Å². The molecule has 106 valence electrons. The Kier molecular flexibility index (Phi) is 4.61. The van der Waals surface area contributed by atoms with Crippen LogP contribution in [0.4, 0.5) is 10.1 Å². The molecule has 2 nitrogen and oxygen atoms in total. The number of anilines is 1. The maximum atomic E-state index is 13.9. The van der Waals surface area contributed by atoms with E-state index < -0.39 is 0 Å². The van der Waals surface area contributed by atoms with Crippen LogP contribution in [0.25, 0.3) is 0 Å². The van der Waals surface area contributed by atoms with Crippen LogP contribution >= 0.6 is 0 Å². The van der Waals surface area contributed by atoms with Gasteiger partial charge in [-0.15, -0.1) is 0 Å². The molecule has 3 heteroatoms. The Balaban J connectivity index is 2.31. The molecule has 0 aliphatic rings. The average Bonchev–Trinajstić information content (AvgIpc) is 2.48. The van der Waals surface area contributed by atoms with E-state index in [1.165, 1.54) is 6.07 Å². The number of aryl methyl sites for hydroxylation is 1. The van der Waals surface area contributed by atoms with Crippen molar-refractivity contribution in [2.75, 3.05) is 12.4 Å². The molecule has 0 spiro atoms. The molecule has 2 aromatic rings. The summed E-state index contributed by atoms with van der Waals surface area (Å²) < 4.78 is 19.3. The molecule has 0 aliphatic carbocycles. The first-order valence-electron chi connectivity index (χ1n) is 6.81. The van der Waals surface area contributed by atoms with Crippen molar-refractivity contribution in [3.05, 3.63) is 59.4 Å². The first kappa shape index (κ1) is 14.4. The van der Waals surface area contributed by atoms with E-state index in [0.29, 0.717) is 5.69 Å². The topological polar surface area (TPSA) is 21.3 Å². The van der Waals surface area contributed by atoms with E-state index in [1.54, 1.807) is 13.2 Å². The third-order valence-corrected chi connectivity index (χ3v) is 3.37. The van der Waals surface area contributed by atoms with Crippen molar-refractivity contribution in [2.45, 2.75) is 26.3 Å². The van der Waals surface area contributed by atoms with Crippen LogP contribution in [0.15, 0.2) is 42.5 Å². The lowest BCUT2D eigenvalue weighted by Crippen LogP contribution is -2.12. The minimum Gasteiger partial charge on any atom is -0.496 e. The molecule has 0 aromatic heterocycles. The molecule has 0 fully saturated rings. The highest BCUT2D eigenvalue weighted by molar-refractivity contribution is 5.50. The number of hydrogen-bond donors (Lipinski definition) is 1. The predicted molar refractivity (Wildman–Crippen MR) is 80.8 cm³/mol. The van der Waals surface area contributed by atoms with Gasteiger partial charge in [-0.2, -0.15) is 0 Å². The van der Waals surface area contributed by atoms with Gasteiger partial charge in [0.15, 0.2) is 0 Å². The Morgan fingerprint density at radius 3 is 2.65 bits per heavy atom. The van der Waals surface area contributed by atoms with Gasteiger partial charge in [0.2, 0.25) is 0 Å². The number of ether oxygens (including phenoxy) is 1. The van der Waals surface area contributed by atoms with E-state index in [-0.39, 0.29) is 11.9 Å². The smallest absolute Gasteiger partial charge is 0.146 e. The van der Waals surface area contributed by atoms with Crippen molar-refractivity contribution >= 4 is 5.69 Å². The summed E-state index contributed by atoms with van der Waals surface area (Å²) in [6.45, 7) is 4.02. The summed E-state index contributed by atoms with van der Waals surface area (Å²) in [6, 6.07) is 12.9. The monoisotopic (exact) mass is 273 g/mol. The fraction of sp³-hybridized carbons (Fsp3) is 0.294. The fourth-order valence-corrected chi connectivity index (χ4v) is 2.29. The molecule has 20 heavy (non-hydrogen) atoms. The highest BCUT2D eigenvalue weighted by Crippen LogP contribution is 2.30. The number of benzene rings is 2. The van der Waals surface area contributed by atoms with Crippen LogP contribution in [0.5, 0.6) is 5.75 Å². The highest BCUT2D eigenvalue weighted by atomic mass is 19.1. The lowest BCUT2D eigenvalue weighted by molar-refractivity contribution is 0.406. The Hall–Kier alpha value is -2.03. The average molecular weight is 273 g/mol. The first-order chi connectivity index (χ1) is 9.65. The summed E-state index contributed by atoms with van der Waals surface area (Å²) in [5, 5.41) is 3.27. The van der Waals surface area contributed by atoms with E-state index in [9.17, 15) is 4.39 Å². The van der Waals surface area contributed by atoms with E-state index in [1.807, 2.05) is 37.3 Å². The van der Waals surface area contributed by atoms with Crippen LogP contribution in [0.2, 0.25) is 0 Å². The number of rotatable bonds is 5. The van der Waals surface area contributed by atoms with Crippen molar-refractivity contribution in [1.29, 1.82) is 0 Å². The number of hydrogen-bond acceptors (Lipinski definition) is 2. The summed E-state index contributed by atoms with van der Waals surface area (Å²) in [6.07, 6.45) is 0.841. The standard InChI is InChI=1S/C17H20FNO/c1-4-15(13-7-5-6-8-17(13)20-3)19-16-11-12(2)9-10-14(16)18/h5-11,15,19H,4H2,1-3H3. The van der Waals surface area contributed by atoms with Gasteiger partial charge in [-0.05, 0) is 37.1 Å². The van der Waals surface area contributed by atoms with Crippen LogP contribution in [0, 0.1) is 12.7 Å². The summed E-state index contributed by atoms with van der Waals surface area (Å²) in [7, 11) is 1.65. The first-order valence-corrected chi connectivity index (χ1v) is 6.81. The molecular formula is C17H20FNO. The number of para-hydroxylation sites is 1. The molecule has 0 aliphatic heterocycles. The fourth-order valence-electron chi connectivity index (χ4n) is 2.29. The van der Waals surface area contributed by atoms with Gasteiger partial charge in [-0.3, -0.25) is 0 Å². The lowest BCUT2D eigenvalue weighted by Gasteiger charge is -2.21. The maximum Gasteiger partial charge on any atom is 0.146 e. The van der Waals surface area contributed by atoms with Gasteiger partial charge >= 0.3 is 0 Å². The van der Waals surface area contributed by atoms with Crippen LogP contribution in [-0.4, -0.2) is 7.11 Å². The van der Waals surface area contributed by atoms with Crippen LogP contribution in [0.1, 0.15) is 30.5 Å². The van der Waals surface area contributed by atoms with Gasteiger partial charge in [-0.1, -0.05) is 31.2 Å². The van der Waals surface area contributed by atoms with E-state index in [0.717, 1.165) is 23.3 Å². The van der Waals surface area contributed by atoms with Crippen molar-refractivity contribution in [3.8, 4) is 5.75 Å². The highest BCUT2D eigenvalue weighted by Gasteiger charge is 2.15. The zero-order valence-corrected chi connectivity index (χ0v) is 12.1. The molecule has 0 heterocycles. The molecule has 0 saturated heterocycles. The summed E-state index contributed by atoms with van der Waals surface area (Å²) >= 11 is 0. The third kappa shape index (κ3) is 3.10. The van der Waals surface area contributed by atoms with Gasteiger partial charge in [0.05, 0.1) is 18.8 Å². The predicted octanol–water partition coefficient (Wildman–Crippen LogP) is 4.71. The minimum absolute atomic E-state index is 0.0162. The zero-order chi connectivity index (χ0) is 14.5. The number of halogens is 1. The second kappa shape index (κ2) is 6.42. The zero-order valence-electron chi connectivity index (χ0n) is 12.1. The van der Waals surface area contributed by atoms with Crippen LogP contribution < -0.4 is 10.1 Å². The van der Waals surface area contributed by atoms with Gasteiger partial charge in [-0.25, -0.2) is 4.39 Å². The van der Waals surface area contributed by atoms with Crippen LogP contribution in [0.3, 0.4) is 0 Å². The van der Waals surface area contributed by atoms with Gasteiger partial charge in [0.1, 0.15) is 11.6 Å². The van der Waals surface area contributed by atoms with Gasteiger partial charge in [0.25, 0.3) is 0 Å². The van der Waals surface area contributed by atoms with Gasteiger partial charge < -0.3 is 10.1 Å². The Labute approximate surface area is 119 Å². The van der Waals surface area contributed by atoms with Crippen LogP contribution in [-0.2, 0) is 0 Å². The molecular weight excluding hydrogens is 253 g/mol. The Bertz CT molecular complexity index is 583. The largest absolute Gasteiger partial charge is 0.496 e. The van der Waals surface area contributed by atoms with Crippen molar-refractivity contribution in [3.63, 3.8) is 0 Å². The number of nitrogens with one attached hydrogen (secondary N) is 1. The molecule has 1 N–H and O–H groups in total. The molecule has 1 atom stereocenters. The molecule has 0 bridgehead atoms. The Morgan fingerprint density at radius 1 is 1.20 bits per heavy atom. The summed E-state index contributed by atoms with van der Waals surface area (Å²) in [5.41, 5.74) is 2.60. The molecule has 2 rings (SSSR count). The number of methoxy groups -OCH3 is 1. The summed E-state index contributed by atoms with van der Waals surface area (Å²) in [5.74, 6) is 0.587. The minimum atomic E-state index is -0.232. The third-order valence-electron chi connectivity index (χ3n) is 3.37. The molecule has 2 aromatic carbocycles. The Morgan fingerprint density at radius 2 is 1.95 bits per heavy atom. The van der Waals surface area contributed by atoms with E-state index >= 15 is 0 Å². The molecule has 0 amide bonds. The quantitative estimate of drug-likeness (QED) is 0.852. The second-order valence-electron chi connectivity index (χ2n) is 4.83. The van der Waals surface area contributed by atoms with Crippen molar-refractivity contribution in [2.24, 2.45) is 0 Å². The lowest BCUT2D eigenvalue weighted by atomic mass is 10.0. The SMILES string of the molecule is CCC(Nc1cc(C)ccc1F)c1ccccc1OC. The molecule has 0 radical (unpaired) electrons. The molecule has 1 unspecified atom stereocenters. The van der Waals surface area contributed by atoms with Gasteiger partial charge in [0, 0.05) is 5.56 Å². The van der Waals surface area contributed by atoms with E-state index in [2.05, 4.69) is 12.2 Å². The van der Waals surface area contributed by atoms with Crippen molar-refractivity contribution < 1.29 is 9.13 Å². The summed E-state index contributed by atoms with van der Waals surface area (Å²) in [4.78, 5) is 0. The molecule has 0 saturated carbocycles. The maximum absolute atomic E-state index is 13.9. The normalized spacial score (nSPS) is 12.0. The van der Waals surface area contributed by atoms with Crippen molar-refractivity contribution in [1.82, 2.24) is 0 Å².